The number of aliphatic hydroxyl groups is 1. The highest BCUT2D eigenvalue weighted by molar-refractivity contribution is 5.82. The van der Waals surface area contributed by atoms with Crippen LogP contribution in [-0.4, -0.2) is 52.9 Å². The number of amides is 2. The monoisotopic (exact) mass is 216 g/mol. The molecule has 1 aliphatic rings. The molecule has 3 N–H and O–H groups in total. The Kier molecular flexibility index (Phi) is 3.90. The molecule has 0 aromatic heterocycles. The van der Waals surface area contributed by atoms with Crippen LogP contribution < -0.4 is 5.32 Å². The molecule has 0 spiro atoms. The summed E-state index contributed by atoms with van der Waals surface area (Å²) in [5.74, 6) is -0.933. The van der Waals surface area contributed by atoms with E-state index >= 15 is 0 Å². The molecule has 1 rings (SSSR count). The van der Waals surface area contributed by atoms with E-state index in [1.54, 1.807) is 0 Å². The van der Waals surface area contributed by atoms with Gasteiger partial charge in [-0.05, 0) is 13.3 Å². The Morgan fingerprint density at radius 1 is 1.60 bits per heavy atom. The zero-order chi connectivity index (χ0) is 11.4. The van der Waals surface area contributed by atoms with Crippen molar-refractivity contribution in [2.24, 2.45) is 5.92 Å². The van der Waals surface area contributed by atoms with E-state index in [2.05, 4.69) is 5.32 Å². The van der Waals surface area contributed by atoms with Crippen LogP contribution in [0.1, 0.15) is 13.3 Å². The van der Waals surface area contributed by atoms with Crippen molar-refractivity contribution in [3.63, 3.8) is 0 Å². The van der Waals surface area contributed by atoms with Crippen molar-refractivity contribution in [3.8, 4) is 0 Å². The number of aliphatic carboxylic acids is 1. The number of carboxylic acids is 1. The number of carboxylic acid groups (broad SMARTS) is 1. The van der Waals surface area contributed by atoms with Gasteiger partial charge in [-0.1, -0.05) is 0 Å². The van der Waals surface area contributed by atoms with Crippen LogP contribution in [0.5, 0.6) is 0 Å². The lowest BCUT2D eigenvalue weighted by molar-refractivity contribution is -0.138. The van der Waals surface area contributed by atoms with Gasteiger partial charge in [-0.25, -0.2) is 4.79 Å². The topological polar surface area (TPSA) is 89.9 Å². The van der Waals surface area contributed by atoms with Crippen LogP contribution in [0.2, 0.25) is 0 Å². The third-order valence-electron chi connectivity index (χ3n) is 2.54. The molecule has 86 valence electrons. The summed E-state index contributed by atoms with van der Waals surface area (Å²) < 4.78 is 0. The van der Waals surface area contributed by atoms with E-state index in [0.717, 1.165) is 6.42 Å². The summed E-state index contributed by atoms with van der Waals surface area (Å²) in [4.78, 5) is 23.5. The van der Waals surface area contributed by atoms with E-state index < -0.39 is 12.0 Å². The summed E-state index contributed by atoms with van der Waals surface area (Å²) in [5, 5.41) is 19.9. The highest BCUT2D eigenvalue weighted by Gasteiger charge is 2.27. The average molecular weight is 216 g/mol. The Morgan fingerprint density at radius 2 is 2.27 bits per heavy atom. The van der Waals surface area contributed by atoms with Crippen molar-refractivity contribution in [1.29, 1.82) is 0 Å². The van der Waals surface area contributed by atoms with E-state index in [1.165, 1.54) is 11.8 Å². The van der Waals surface area contributed by atoms with Gasteiger partial charge in [0.15, 0.2) is 0 Å². The summed E-state index contributed by atoms with van der Waals surface area (Å²) >= 11 is 0. The van der Waals surface area contributed by atoms with Crippen LogP contribution in [-0.2, 0) is 4.79 Å². The molecule has 2 atom stereocenters. The second-order valence-corrected chi connectivity index (χ2v) is 3.79. The van der Waals surface area contributed by atoms with E-state index in [-0.39, 0.29) is 18.6 Å². The minimum absolute atomic E-state index is 0.0677. The molecule has 0 saturated carbocycles. The summed E-state index contributed by atoms with van der Waals surface area (Å²) in [7, 11) is 0. The molecule has 0 bridgehead atoms. The van der Waals surface area contributed by atoms with Crippen molar-refractivity contribution in [1.82, 2.24) is 10.2 Å². The van der Waals surface area contributed by atoms with E-state index in [0.29, 0.717) is 13.1 Å². The minimum Gasteiger partial charge on any atom is -0.480 e. The molecule has 0 aliphatic carbocycles. The molecule has 0 radical (unpaired) electrons. The second kappa shape index (κ2) is 4.97. The van der Waals surface area contributed by atoms with Gasteiger partial charge in [0.1, 0.15) is 6.04 Å². The molecular formula is C9H16N2O4. The van der Waals surface area contributed by atoms with Crippen LogP contribution in [0.15, 0.2) is 0 Å². The third-order valence-corrected chi connectivity index (χ3v) is 2.54. The SMILES string of the molecule is C[C@H](NC(=O)N1CCC(CO)C1)C(=O)O. The molecular weight excluding hydrogens is 200 g/mol. The fourth-order valence-electron chi connectivity index (χ4n) is 1.50. The normalized spacial score (nSPS) is 22.5. The highest BCUT2D eigenvalue weighted by Crippen LogP contribution is 2.15. The van der Waals surface area contributed by atoms with Crippen LogP contribution in [0.4, 0.5) is 4.79 Å². The lowest BCUT2D eigenvalue weighted by Gasteiger charge is -2.18. The van der Waals surface area contributed by atoms with Gasteiger partial charge >= 0.3 is 12.0 Å². The number of carbonyl (C=O) groups is 2. The molecule has 0 aromatic carbocycles. The largest absolute Gasteiger partial charge is 0.480 e. The fraction of sp³-hybridized carbons (Fsp3) is 0.778. The predicted molar refractivity (Wildman–Crippen MR) is 52.4 cm³/mol. The molecule has 2 amide bonds. The number of urea groups is 1. The Hall–Kier alpha value is -1.30. The molecule has 1 unspecified atom stereocenters. The maximum absolute atomic E-state index is 11.5. The highest BCUT2D eigenvalue weighted by atomic mass is 16.4. The Balaban J connectivity index is 2.38. The van der Waals surface area contributed by atoms with Gasteiger partial charge in [0.25, 0.3) is 0 Å². The average Bonchev–Trinajstić information content (AvgIpc) is 2.65. The summed E-state index contributed by atoms with van der Waals surface area (Å²) in [6, 6.07) is -1.26. The predicted octanol–water partition coefficient (Wildman–Crippen LogP) is -0.517. The fourth-order valence-corrected chi connectivity index (χ4v) is 1.50. The number of hydrogen-bond donors (Lipinski definition) is 3. The number of nitrogens with zero attached hydrogens (tertiary/aromatic N) is 1. The summed E-state index contributed by atoms with van der Waals surface area (Å²) in [6.07, 6.45) is 0.769. The lowest BCUT2D eigenvalue weighted by atomic mass is 10.1. The molecule has 6 heteroatoms. The van der Waals surface area contributed by atoms with Crippen LogP contribution in [0.3, 0.4) is 0 Å². The van der Waals surface area contributed by atoms with Crippen LogP contribution in [0.25, 0.3) is 0 Å². The minimum atomic E-state index is -1.05. The molecule has 0 aromatic rings. The van der Waals surface area contributed by atoms with Crippen LogP contribution in [0, 0.1) is 5.92 Å². The smallest absolute Gasteiger partial charge is 0.325 e. The number of likely N-dealkylation sites (tertiary alicyclic amines) is 1. The first-order chi connectivity index (χ1) is 7.04. The zero-order valence-corrected chi connectivity index (χ0v) is 8.64. The van der Waals surface area contributed by atoms with Gasteiger partial charge in [-0.3, -0.25) is 4.79 Å². The standard InChI is InChI=1S/C9H16N2O4/c1-6(8(13)14)10-9(15)11-3-2-7(4-11)5-12/h6-7,12H,2-5H2,1H3,(H,10,15)(H,13,14)/t6-,7?/m0/s1. The Morgan fingerprint density at radius 3 is 2.73 bits per heavy atom. The van der Waals surface area contributed by atoms with E-state index in [9.17, 15) is 9.59 Å². The number of hydrogen-bond acceptors (Lipinski definition) is 3. The summed E-state index contributed by atoms with van der Waals surface area (Å²) in [6.45, 7) is 2.55. The molecule has 1 saturated heterocycles. The van der Waals surface area contributed by atoms with Gasteiger partial charge < -0.3 is 20.4 Å². The van der Waals surface area contributed by atoms with Crippen molar-refractivity contribution in [2.75, 3.05) is 19.7 Å². The first-order valence-corrected chi connectivity index (χ1v) is 4.93. The Labute approximate surface area is 87.9 Å². The molecule has 1 aliphatic heterocycles. The van der Waals surface area contributed by atoms with Gasteiger partial charge in [0.05, 0.1) is 0 Å². The van der Waals surface area contributed by atoms with Gasteiger partial charge in [-0.2, -0.15) is 0 Å². The molecule has 6 nitrogen and oxygen atoms in total. The van der Waals surface area contributed by atoms with E-state index in [1.807, 2.05) is 0 Å². The maximum atomic E-state index is 11.5. The lowest BCUT2D eigenvalue weighted by Crippen LogP contribution is -2.45. The Bertz CT molecular complexity index is 256. The number of rotatable bonds is 3. The first-order valence-electron chi connectivity index (χ1n) is 4.93. The van der Waals surface area contributed by atoms with Crippen molar-refractivity contribution < 1.29 is 19.8 Å². The first kappa shape index (κ1) is 11.8. The molecule has 15 heavy (non-hydrogen) atoms. The quantitative estimate of drug-likeness (QED) is 0.592. The molecule has 1 heterocycles. The van der Waals surface area contributed by atoms with Gasteiger partial charge in [0, 0.05) is 25.6 Å². The van der Waals surface area contributed by atoms with Crippen molar-refractivity contribution >= 4 is 12.0 Å². The maximum Gasteiger partial charge on any atom is 0.325 e. The second-order valence-electron chi connectivity index (χ2n) is 3.79. The zero-order valence-electron chi connectivity index (χ0n) is 8.64. The number of aliphatic hydroxyl groups excluding tert-OH is 1. The number of nitrogens with one attached hydrogen (secondary N) is 1. The van der Waals surface area contributed by atoms with Crippen molar-refractivity contribution in [2.45, 2.75) is 19.4 Å². The van der Waals surface area contributed by atoms with Crippen molar-refractivity contribution in [3.05, 3.63) is 0 Å². The van der Waals surface area contributed by atoms with Gasteiger partial charge in [0.2, 0.25) is 0 Å². The third kappa shape index (κ3) is 3.09. The number of carbonyl (C=O) groups excluding carboxylic acids is 1. The van der Waals surface area contributed by atoms with Crippen LogP contribution >= 0.6 is 0 Å². The van der Waals surface area contributed by atoms with Gasteiger partial charge in [-0.15, -0.1) is 0 Å². The summed E-state index contributed by atoms with van der Waals surface area (Å²) in [5.41, 5.74) is 0. The molecule has 1 fully saturated rings. The van der Waals surface area contributed by atoms with E-state index in [4.69, 9.17) is 10.2 Å².